The zero-order chi connectivity index (χ0) is 21.2. The minimum atomic E-state index is -0.512. The van der Waals surface area contributed by atoms with Crippen molar-refractivity contribution >= 4 is 29.6 Å². The number of nitrogens with one attached hydrogen (secondary N) is 4. The minimum absolute atomic E-state index is 0.0980. The third-order valence-electron chi connectivity index (χ3n) is 3.72. The molecule has 10 heteroatoms. The first-order chi connectivity index (χ1) is 13.9. The number of carbonyl (C=O) groups is 3. The van der Waals surface area contributed by atoms with E-state index >= 15 is 0 Å². The fraction of sp³-hybridized carbons (Fsp3) is 0.211. The first-order valence-electron chi connectivity index (χ1n) is 8.73. The van der Waals surface area contributed by atoms with Gasteiger partial charge in [0.25, 0.3) is 11.8 Å². The highest BCUT2D eigenvalue weighted by Crippen LogP contribution is 2.11. The van der Waals surface area contributed by atoms with Gasteiger partial charge in [0, 0.05) is 36.6 Å². The smallest absolute Gasteiger partial charge is 0.273 e. The first kappa shape index (κ1) is 21.4. The van der Waals surface area contributed by atoms with Gasteiger partial charge in [0.15, 0.2) is 5.69 Å². The summed E-state index contributed by atoms with van der Waals surface area (Å²) in [5.41, 5.74) is 7.33. The molecule has 10 nitrogen and oxygen atoms in total. The van der Waals surface area contributed by atoms with Gasteiger partial charge in [-0.05, 0) is 30.7 Å². The Labute approximate surface area is 167 Å². The lowest BCUT2D eigenvalue weighted by Crippen LogP contribution is -2.40. The number of benzene rings is 1. The summed E-state index contributed by atoms with van der Waals surface area (Å²) in [6.45, 7) is 1.83. The van der Waals surface area contributed by atoms with Gasteiger partial charge in [0.05, 0.1) is 6.54 Å². The van der Waals surface area contributed by atoms with Gasteiger partial charge < -0.3 is 31.6 Å². The van der Waals surface area contributed by atoms with Crippen LogP contribution in [-0.4, -0.2) is 48.7 Å². The lowest BCUT2D eigenvalue weighted by molar-refractivity contribution is -0.120. The quantitative estimate of drug-likeness (QED) is 0.299. The number of nitrogens with zero attached hydrogens (tertiary/aromatic N) is 1. The molecule has 152 valence electrons. The fourth-order valence-electron chi connectivity index (χ4n) is 2.29. The zero-order valence-electron chi connectivity index (χ0n) is 15.8. The molecule has 0 spiro atoms. The van der Waals surface area contributed by atoms with E-state index in [1.807, 2.05) is 0 Å². The summed E-state index contributed by atoms with van der Waals surface area (Å²) < 4.78 is 4.79. The van der Waals surface area contributed by atoms with E-state index in [-0.39, 0.29) is 31.2 Å². The molecule has 0 fully saturated rings. The zero-order valence-corrected chi connectivity index (χ0v) is 15.8. The van der Waals surface area contributed by atoms with E-state index in [0.29, 0.717) is 22.6 Å². The molecule has 1 heterocycles. The Bertz CT molecular complexity index is 934. The monoisotopic (exact) mass is 398 g/mol. The van der Waals surface area contributed by atoms with E-state index in [9.17, 15) is 14.4 Å². The van der Waals surface area contributed by atoms with Gasteiger partial charge in [-0.15, -0.1) is 0 Å². The van der Waals surface area contributed by atoms with Crippen molar-refractivity contribution in [2.45, 2.75) is 6.92 Å². The molecule has 29 heavy (non-hydrogen) atoms. The molecule has 2 rings (SSSR count). The number of carbonyl (C=O) groups excluding carboxylic acids is 3. The second kappa shape index (κ2) is 10.4. The third kappa shape index (κ3) is 6.61. The van der Waals surface area contributed by atoms with Crippen molar-refractivity contribution < 1.29 is 18.9 Å². The molecule has 0 radical (unpaired) electrons. The Morgan fingerprint density at radius 3 is 2.52 bits per heavy atom. The van der Waals surface area contributed by atoms with Crippen LogP contribution in [0.15, 0.2) is 40.9 Å². The molecule has 0 aliphatic carbocycles. The standard InChI is InChI=1S/C19H22N6O4/c1-12-9-16(25-29-12)19(28)24-11-17(26)22-7-8-23-18(27)14-4-2-3-13(10-14)15(21)5-6-20/h2-6,9-10,20H,7-8,11,21H2,1H3,(H,22,26)(H,23,27)(H,24,28). The maximum Gasteiger partial charge on any atom is 0.273 e. The van der Waals surface area contributed by atoms with Crippen LogP contribution in [0, 0.1) is 12.3 Å². The van der Waals surface area contributed by atoms with Gasteiger partial charge in [-0.25, -0.2) is 0 Å². The molecule has 0 aliphatic heterocycles. The Kier molecular flexibility index (Phi) is 7.66. The molecule has 1 aromatic heterocycles. The lowest BCUT2D eigenvalue weighted by atomic mass is 10.1. The van der Waals surface area contributed by atoms with E-state index in [2.05, 4.69) is 21.1 Å². The van der Waals surface area contributed by atoms with Crippen LogP contribution in [0.2, 0.25) is 0 Å². The Morgan fingerprint density at radius 2 is 1.83 bits per heavy atom. The van der Waals surface area contributed by atoms with Crippen molar-refractivity contribution in [3.8, 4) is 0 Å². The molecule has 0 saturated heterocycles. The van der Waals surface area contributed by atoms with Gasteiger partial charge >= 0.3 is 0 Å². The maximum absolute atomic E-state index is 12.2. The van der Waals surface area contributed by atoms with Crippen LogP contribution in [0.3, 0.4) is 0 Å². The highest BCUT2D eigenvalue weighted by atomic mass is 16.5. The van der Waals surface area contributed by atoms with Crippen LogP contribution in [-0.2, 0) is 4.79 Å². The van der Waals surface area contributed by atoms with Gasteiger partial charge in [-0.1, -0.05) is 17.3 Å². The number of aromatic nitrogens is 1. The van der Waals surface area contributed by atoms with Crippen LogP contribution < -0.4 is 21.7 Å². The summed E-state index contributed by atoms with van der Waals surface area (Å²) in [6, 6.07) is 8.14. The van der Waals surface area contributed by atoms with Crippen LogP contribution in [0.4, 0.5) is 0 Å². The topological polar surface area (TPSA) is 163 Å². The summed E-state index contributed by atoms with van der Waals surface area (Å²) in [7, 11) is 0. The second-order valence-electron chi connectivity index (χ2n) is 5.98. The Balaban J connectivity index is 1.71. The molecular weight excluding hydrogens is 376 g/mol. The fourth-order valence-corrected chi connectivity index (χ4v) is 2.29. The van der Waals surface area contributed by atoms with Gasteiger partial charge in [0.2, 0.25) is 5.91 Å². The molecular formula is C19H22N6O4. The molecule has 0 bridgehead atoms. The van der Waals surface area contributed by atoms with E-state index < -0.39 is 11.8 Å². The highest BCUT2D eigenvalue weighted by Gasteiger charge is 2.12. The number of hydrogen-bond acceptors (Lipinski definition) is 7. The van der Waals surface area contributed by atoms with Gasteiger partial charge in [-0.3, -0.25) is 14.4 Å². The second-order valence-corrected chi connectivity index (χ2v) is 5.98. The molecule has 0 saturated carbocycles. The maximum atomic E-state index is 12.2. The van der Waals surface area contributed by atoms with Gasteiger partial charge in [0.1, 0.15) is 5.76 Å². The number of rotatable bonds is 9. The first-order valence-corrected chi connectivity index (χ1v) is 8.73. The summed E-state index contributed by atoms with van der Waals surface area (Å²) in [5.74, 6) is -0.742. The molecule has 0 atom stereocenters. The summed E-state index contributed by atoms with van der Waals surface area (Å²) >= 11 is 0. The number of nitrogens with two attached hydrogens (primary N) is 1. The lowest BCUT2D eigenvalue weighted by Gasteiger charge is -2.09. The summed E-state index contributed by atoms with van der Waals surface area (Å²) in [5, 5.41) is 18.3. The average molecular weight is 398 g/mol. The molecule has 6 N–H and O–H groups in total. The van der Waals surface area contributed by atoms with E-state index in [4.69, 9.17) is 15.7 Å². The van der Waals surface area contributed by atoms with Crippen LogP contribution in [0.1, 0.15) is 32.2 Å². The molecule has 1 aromatic carbocycles. The molecule has 2 aromatic rings. The Hall–Kier alpha value is -3.95. The van der Waals surface area contributed by atoms with E-state index in [0.717, 1.165) is 6.21 Å². The Morgan fingerprint density at radius 1 is 1.10 bits per heavy atom. The molecule has 0 unspecified atom stereocenters. The predicted octanol–water partition coefficient (Wildman–Crippen LogP) is 0.208. The van der Waals surface area contributed by atoms with Crippen LogP contribution in [0.5, 0.6) is 0 Å². The average Bonchev–Trinajstić information content (AvgIpc) is 3.16. The largest absolute Gasteiger partial charge is 0.398 e. The van der Waals surface area contributed by atoms with Crippen molar-refractivity contribution in [2.75, 3.05) is 19.6 Å². The van der Waals surface area contributed by atoms with Crippen molar-refractivity contribution in [3.05, 3.63) is 59.0 Å². The number of hydrogen-bond donors (Lipinski definition) is 5. The normalized spacial score (nSPS) is 10.9. The predicted molar refractivity (Wildman–Crippen MR) is 106 cm³/mol. The van der Waals surface area contributed by atoms with E-state index in [1.54, 1.807) is 31.2 Å². The van der Waals surface area contributed by atoms with E-state index in [1.165, 1.54) is 12.1 Å². The number of allylic oxidation sites excluding steroid dienone is 1. The number of amides is 3. The van der Waals surface area contributed by atoms with Crippen molar-refractivity contribution in [2.24, 2.45) is 5.73 Å². The highest BCUT2D eigenvalue weighted by molar-refractivity contribution is 5.96. The molecule has 0 aliphatic rings. The SMILES string of the molecule is Cc1cc(C(=O)NCC(=O)NCCNC(=O)c2cccc(C(N)=CC=N)c2)no1. The summed E-state index contributed by atoms with van der Waals surface area (Å²) in [4.78, 5) is 35.7. The van der Waals surface area contributed by atoms with Crippen molar-refractivity contribution in [1.29, 1.82) is 5.41 Å². The van der Waals surface area contributed by atoms with Crippen LogP contribution in [0.25, 0.3) is 5.70 Å². The van der Waals surface area contributed by atoms with Crippen LogP contribution >= 0.6 is 0 Å². The number of aryl methyl sites for hydroxylation is 1. The summed E-state index contributed by atoms with van der Waals surface area (Å²) in [6.07, 6.45) is 2.50. The van der Waals surface area contributed by atoms with Crippen molar-refractivity contribution in [1.82, 2.24) is 21.1 Å². The van der Waals surface area contributed by atoms with Gasteiger partial charge in [-0.2, -0.15) is 0 Å². The molecule has 3 amide bonds. The minimum Gasteiger partial charge on any atom is -0.398 e. The third-order valence-corrected chi connectivity index (χ3v) is 3.72. The van der Waals surface area contributed by atoms with Crippen molar-refractivity contribution in [3.63, 3.8) is 0 Å².